The Bertz CT molecular complexity index is 415. The van der Waals surface area contributed by atoms with Crippen LogP contribution in [-0.4, -0.2) is 16.9 Å². The molecule has 0 spiro atoms. The van der Waals surface area contributed by atoms with Crippen molar-refractivity contribution in [3.8, 4) is 11.1 Å². The molecule has 0 saturated carbocycles. The van der Waals surface area contributed by atoms with E-state index in [1.165, 1.54) is 16.7 Å². The molecule has 76 valence electrons. The fraction of sp³-hybridized carbons (Fsp3) is 0.143. The van der Waals surface area contributed by atoms with Gasteiger partial charge in [0.2, 0.25) is 0 Å². The van der Waals surface area contributed by atoms with Gasteiger partial charge in [-0.2, -0.15) is 0 Å². The third kappa shape index (κ3) is 2.52. The number of benzene rings is 2. The molecule has 0 aliphatic carbocycles. The SMILES string of the molecule is CC([AsH2])c1ccc(-c2ccccc2)cc1. The van der Waals surface area contributed by atoms with Crippen molar-refractivity contribution < 1.29 is 0 Å². The third-order valence-electron chi connectivity index (χ3n) is 2.54. The quantitative estimate of drug-likeness (QED) is 0.726. The van der Waals surface area contributed by atoms with Crippen LogP contribution in [0, 0.1) is 0 Å². The van der Waals surface area contributed by atoms with Gasteiger partial charge in [0.1, 0.15) is 0 Å². The van der Waals surface area contributed by atoms with Crippen LogP contribution in [0.25, 0.3) is 11.1 Å². The molecule has 2 unspecified atom stereocenters. The second kappa shape index (κ2) is 4.68. The van der Waals surface area contributed by atoms with Gasteiger partial charge < -0.3 is 0 Å². The van der Waals surface area contributed by atoms with Crippen molar-refractivity contribution in [1.29, 1.82) is 0 Å². The fourth-order valence-corrected chi connectivity index (χ4v) is 2.08. The topological polar surface area (TPSA) is 0 Å². The number of hydrogen-bond donors (Lipinski definition) is 0. The molecule has 0 aliphatic rings. The van der Waals surface area contributed by atoms with E-state index in [0.29, 0.717) is 4.71 Å². The van der Waals surface area contributed by atoms with Gasteiger partial charge in [0.05, 0.1) is 0 Å². The minimum absolute atomic E-state index is 0.669. The summed E-state index contributed by atoms with van der Waals surface area (Å²) in [6, 6.07) is 19.4. The third-order valence-corrected chi connectivity index (χ3v) is 3.35. The van der Waals surface area contributed by atoms with E-state index in [1.807, 2.05) is 0 Å². The van der Waals surface area contributed by atoms with Crippen molar-refractivity contribution in [3.63, 3.8) is 0 Å². The summed E-state index contributed by atoms with van der Waals surface area (Å²) in [5.41, 5.74) is 4.01. The van der Waals surface area contributed by atoms with Crippen LogP contribution < -0.4 is 0 Å². The van der Waals surface area contributed by atoms with Crippen LogP contribution in [0.5, 0.6) is 0 Å². The molecule has 0 bridgehead atoms. The van der Waals surface area contributed by atoms with Crippen LogP contribution in [-0.2, 0) is 0 Å². The Morgan fingerprint density at radius 3 is 1.87 bits per heavy atom. The molecule has 2 aromatic carbocycles. The van der Waals surface area contributed by atoms with E-state index in [0.717, 1.165) is 0 Å². The zero-order valence-corrected chi connectivity index (χ0v) is 11.3. The monoisotopic (exact) mass is 258 g/mol. The van der Waals surface area contributed by atoms with Crippen LogP contribution >= 0.6 is 0 Å². The molecule has 0 nitrogen and oxygen atoms in total. The van der Waals surface area contributed by atoms with E-state index in [9.17, 15) is 0 Å². The summed E-state index contributed by atoms with van der Waals surface area (Å²) in [6.45, 7) is 2.25. The molecule has 0 fully saturated rings. The van der Waals surface area contributed by atoms with Gasteiger partial charge in [-0.1, -0.05) is 0 Å². The second-order valence-electron chi connectivity index (χ2n) is 3.78. The molecule has 2 atom stereocenters. The molecule has 0 saturated heterocycles. The van der Waals surface area contributed by atoms with E-state index < -0.39 is 0 Å². The Kier molecular flexibility index (Phi) is 3.28. The number of hydrogen-bond acceptors (Lipinski definition) is 0. The van der Waals surface area contributed by atoms with E-state index in [-0.39, 0.29) is 0 Å². The summed E-state index contributed by atoms with van der Waals surface area (Å²) in [6.07, 6.45) is 0. The van der Waals surface area contributed by atoms with Gasteiger partial charge in [-0.3, -0.25) is 0 Å². The van der Waals surface area contributed by atoms with Gasteiger partial charge >= 0.3 is 99.8 Å². The van der Waals surface area contributed by atoms with Gasteiger partial charge in [0.15, 0.2) is 0 Å². The predicted octanol–water partition coefficient (Wildman–Crippen LogP) is 3.05. The van der Waals surface area contributed by atoms with Crippen molar-refractivity contribution in [2.75, 3.05) is 0 Å². The van der Waals surface area contributed by atoms with Gasteiger partial charge in [-0.15, -0.1) is 0 Å². The second-order valence-corrected chi connectivity index (χ2v) is 5.87. The first-order valence-electron chi connectivity index (χ1n) is 5.18. The van der Waals surface area contributed by atoms with Crippen molar-refractivity contribution in [2.45, 2.75) is 11.6 Å². The average Bonchev–Trinajstić information content (AvgIpc) is 2.30. The fourth-order valence-electron chi connectivity index (χ4n) is 1.61. The molecule has 0 amide bonds. The first-order valence-corrected chi connectivity index (χ1v) is 6.58. The van der Waals surface area contributed by atoms with Gasteiger partial charge in [-0.05, 0) is 0 Å². The maximum absolute atomic E-state index is 2.25. The molecule has 0 radical (unpaired) electrons. The summed E-state index contributed by atoms with van der Waals surface area (Å²) < 4.78 is 0.669. The Hall–Kier alpha value is -1.00. The van der Waals surface area contributed by atoms with Crippen LogP contribution in [0.4, 0.5) is 0 Å². The molecule has 0 N–H and O–H groups in total. The molecule has 15 heavy (non-hydrogen) atoms. The number of rotatable bonds is 2. The maximum atomic E-state index is 2.25. The summed E-state index contributed by atoms with van der Waals surface area (Å²) in [5.74, 6) is 0. The standard InChI is InChI=1S/C14H15As/c1-11(15)12-7-9-14(10-8-12)13-5-3-2-4-6-13/h2-11H,15H2,1H3. The summed E-state index contributed by atoms with van der Waals surface area (Å²) in [4.78, 5) is 0. The Morgan fingerprint density at radius 2 is 1.33 bits per heavy atom. The molecular weight excluding hydrogens is 243 g/mol. The van der Waals surface area contributed by atoms with Gasteiger partial charge in [0, 0.05) is 0 Å². The first-order chi connectivity index (χ1) is 7.27. The molecule has 0 aliphatic heterocycles. The molecule has 0 aromatic heterocycles. The van der Waals surface area contributed by atoms with Crippen LogP contribution in [0.2, 0.25) is 0 Å². The van der Waals surface area contributed by atoms with Gasteiger partial charge in [0.25, 0.3) is 0 Å². The first kappa shape index (κ1) is 10.5. The zero-order valence-electron chi connectivity index (χ0n) is 8.85. The predicted molar refractivity (Wildman–Crippen MR) is 68.8 cm³/mol. The van der Waals surface area contributed by atoms with Crippen LogP contribution in [0.15, 0.2) is 54.6 Å². The summed E-state index contributed by atoms with van der Waals surface area (Å²) in [5, 5.41) is 0. The van der Waals surface area contributed by atoms with E-state index in [1.54, 1.807) is 16.9 Å². The minimum atomic E-state index is 0.669. The molecule has 2 aromatic rings. The zero-order chi connectivity index (χ0) is 10.7. The average molecular weight is 258 g/mol. The van der Waals surface area contributed by atoms with E-state index in [4.69, 9.17) is 0 Å². The van der Waals surface area contributed by atoms with Crippen molar-refractivity contribution >= 4 is 16.9 Å². The van der Waals surface area contributed by atoms with Crippen molar-refractivity contribution in [2.24, 2.45) is 0 Å². The molecule has 2 rings (SSSR count). The van der Waals surface area contributed by atoms with Crippen LogP contribution in [0.3, 0.4) is 0 Å². The summed E-state index contributed by atoms with van der Waals surface area (Å²) >= 11 is 1.77. The van der Waals surface area contributed by atoms with Crippen LogP contribution in [0.1, 0.15) is 17.2 Å². The molecule has 0 heterocycles. The van der Waals surface area contributed by atoms with Crippen molar-refractivity contribution in [1.82, 2.24) is 0 Å². The Morgan fingerprint density at radius 1 is 0.800 bits per heavy atom. The molecular formula is C14H15As. The van der Waals surface area contributed by atoms with E-state index >= 15 is 0 Å². The summed E-state index contributed by atoms with van der Waals surface area (Å²) in [7, 11) is 0. The normalized spacial score (nSPS) is 12.4. The van der Waals surface area contributed by atoms with Crippen molar-refractivity contribution in [3.05, 3.63) is 60.2 Å². The van der Waals surface area contributed by atoms with Gasteiger partial charge in [-0.25, -0.2) is 0 Å². The Balaban J connectivity index is 2.32. The van der Waals surface area contributed by atoms with E-state index in [2.05, 4.69) is 61.5 Å². The Labute approximate surface area is 99.8 Å². The molecule has 1 heteroatoms.